The lowest BCUT2D eigenvalue weighted by Crippen LogP contribution is -2.21. The first kappa shape index (κ1) is 20.3. The monoisotopic (exact) mass is 448 g/mol. The van der Waals surface area contributed by atoms with Crippen LogP contribution in [0, 0.1) is 18.4 Å². The van der Waals surface area contributed by atoms with E-state index in [0.717, 1.165) is 34.5 Å². The Balaban J connectivity index is 1.56. The van der Waals surface area contributed by atoms with Crippen LogP contribution in [0.5, 0.6) is 5.75 Å². The van der Waals surface area contributed by atoms with E-state index in [1.54, 1.807) is 28.0 Å². The molecular weight excluding hydrogens is 428 g/mol. The van der Waals surface area contributed by atoms with Crippen LogP contribution in [-0.2, 0) is 13.0 Å². The summed E-state index contributed by atoms with van der Waals surface area (Å²) in [4.78, 5) is 1.77. The lowest BCUT2D eigenvalue weighted by molar-refractivity contribution is 0.228. The smallest absolute Gasteiger partial charge is 0.179 e. The molecule has 1 aliphatic rings. The summed E-state index contributed by atoms with van der Waals surface area (Å²) >= 11 is 6.43. The minimum absolute atomic E-state index is 0.257. The molecule has 5 rings (SSSR count). The fourth-order valence-electron chi connectivity index (χ4n) is 4.10. The zero-order valence-corrected chi connectivity index (χ0v) is 18.5. The van der Waals surface area contributed by atoms with Crippen LogP contribution >= 0.6 is 11.6 Å². The Hall–Kier alpha value is -3.64. The van der Waals surface area contributed by atoms with Crippen LogP contribution in [0.3, 0.4) is 0 Å². The van der Waals surface area contributed by atoms with Gasteiger partial charge in [-0.15, -0.1) is 0 Å². The van der Waals surface area contributed by atoms with Crippen molar-refractivity contribution >= 4 is 17.1 Å². The molecule has 4 aromatic heterocycles. The van der Waals surface area contributed by atoms with Crippen LogP contribution in [0.1, 0.15) is 29.8 Å². The maximum atomic E-state index is 9.23. The number of nitrogens with zero attached hydrogens (tertiary/aromatic N) is 8. The molecule has 0 fully saturated rings. The first-order chi connectivity index (χ1) is 15.5. The number of rotatable bonds is 4. The summed E-state index contributed by atoms with van der Waals surface area (Å²) in [5, 5.41) is 26.8. The second-order valence-corrected chi connectivity index (χ2v) is 8.20. The van der Waals surface area contributed by atoms with Crippen LogP contribution in [0.25, 0.3) is 16.8 Å². The average molecular weight is 449 g/mol. The number of fused-ring (bicyclic) bond motifs is 2. The van der Waals surface area contributed by atoms with Gasteiger partial charge in [-0.2, -0.15) is 25.7 Å². The van der Waals surface area contributed by atoms with E-state index in [1.807, 2.05) is 29.9 Å². The summed E-state index contributed by atoms with van der Waals surface area (Å²) in [6, 6.07) is 3.84. The van der Waals surface area contributed by atoms with Crippen molar-refractivity contribution < 1.29 is 4.74 Å². The predicted octanol–water partition coefficient (Wildman–Crippen LogP) is 3.43. The molecule has 0 saturated carbocycles. The van der Waals surface area contributed by atoms with Gasteiger partial charge < -0.3 is 9.64 Å². The zero-order valence-electron chi connectivity index (χ0n) is 17.7. The third-order valence-corrected chi connectivity index (χ3v) is 6.12. The fourth-order valence-corrected chi connectivity index (χ4v) is 4.32. The summed E-state index contributed by atoms with van der Waals surface area (Å²) in [6.45, 7) is 6.05. The highest BCUT2D eigenvalue weighted by molar-refractivity contribution is 6.34. The van der Waals surface area contributed by atoms with Crippen molar-refractivity contribution in [3.05, 3.63) is 58.8 Å². The number of hydrogen-bond acceptors (Lipinski definition) is 7. The third-order valence-electron chi connectivity index (χ3n) is 5.85. The van der Waals surface area contributed by atoms with E-state index in [-0.39, 0.29) is 6.10 Å². The molecule has 10 heteroatoms. The lowest BCUT2D eigenvalue weighted by atomic mass is 10.1. The Morgan fingerprint density at radius 2 is 2.09 bits per heavy atom. The molecule has 0 aliphatic carbocycles. The summed E-state index contributed by atoms with van der Waals surface area (Å²) in [5.41, 5.74) is 5.62. The van der Waals surface area contributed by atoms with Gasteiger partial charge in [0.2, 0.25) is 0 Å². The quantitative estimate of drug-likeness (QED) is 0.441. The van der Waals surface area contributed by atoms with Crippen molar-refractivity contribution in [1.82, 2.24) is 34.5 Å². The molecule has 32 heavy (non-hydrogen) atoms. The van der Waals surface area contributed by atoms with Gasteiger partial charge in [-0.3, -0.25) is 4.68 Å². The van der Waals surface area contributed by atoms with Gasteiger partial charge in [-0.1, -0.05) is 11.6 Å². The maximum absolute atomic E-state index is 9.23. The average Bonchev–Trinajstić information content (AvgIpc) is 3.25. The second-order valence-electron chi connectivity index (χ2n) is 7.80. The molecule has 1 unspecified atom stereocenters. The number of aromatic nitrogens is 6. The molecule has 162 valence electrons. The topological polar surface area (TPSA) is 97.2 Å². The highest BCUT2D eigenvalue weighted by atomic mass is 35.5. The molecule has 0 radical (unpaired) electrons. The Bertz CT molecular complexity index is 1320. The molecule has 0 N–H and O–H groups in total. The third kappa shape index (κ3) is 3.52. The van der Waals surface area contributed by atoms with Gasteiger partial charge in [0.1, 0.15) is 17.4 Å². The summed E-state index contributed by atoms with van der Waals surface area (Å²) in [7, 11) is 0. The molecule has 0 aromatic carbocycles. The number of pyridine rings is 1. The SMILES string of the molecule is Cc1c(-c2cc(OC(C)c3ccnnc3)c3c(Cl)cnn3c2)nn2c1CCN(C#N)CC2. The molecule has 1 atom stereocenters. The van der Waals surface area contributed by atoms with Crippen molar-refractivity contribution in [2.24, 2.45) is 0 Å². The molecule has 4 aromatic rings. The minimum atomic E-state index is -0.257. The standard InChI is InChI=1S/C22H21ClN8O/c1-14-19-4-6-29(13-24)7-8-30(19)28-21(14)17-9-20(22-18(23)11-27-31(22)12-17)32-15(2)16-3-5-25-26-10-16/h3,5,9-12,15H,4,6-8H2,1-2H3. The van der Waals surface area contributed by atoms with Crippen LogP contribution in [0.15, 0.2) is 36.9 Å². The summed E-state index contributed by atoms with van der Waals surface area (Å²) < 4.78 is 10.1. The molecule has 5 heterocycles. The van der Waals surface area contributed by atoms with Crippen molar-refractivity contribution in [2.45, 2.75) is 32.9 Å². The van der Waals surface area contributed by atoms with E-state index in [4.69, 9.17) is 21.4 Å². The van der Waals surface area contributed by atoms with Gasteiger partial charge in [-0.25, -0.2) is 4.52 Å². The maximum Gasteiger partial charge on any atom is 0.179 e. The summed E-state index contributed by atoms with van der Waals surface area (Å²) in [5.74, 6) is 0.618. The number of halogens is 1. The van der Waals surface area contributed by atoms with E-state index < -0.39 is 0 Å². The fraction of sp³-hybridized carbons (Fsp3) is 0.318. The van der Waals surface area contributed by atoms with Gasteiger partial charge in [0, 0.05) is 48.7 Å². The van der Waals surface area contributed by atoms with E-state index in [2.05, 4.69) is 28.4 Å². The molecule has 0 amide bonds. The zero-order chi connectivity index (χ0) is 22.2. The highest BCUT2D eigenvalue weighted by Gasteiger charge is 2.22. The second kappa shape index (κ2) is 8.13. The largest absolute Gasteiger partial charge is 0.484 e. The van der Waals surface area contributed by atoms with Crippen molar-refractivity contribution in [3.63, 3.8) is 0 Å². The van der Waals surface area contributed by atoms with Crippen LogP contribution in [0.4, 0.5) is 0 Å². The highest BCUT2D eigenvalue weighted by Crippen LogP contribution is 2.36. The Labute approximate surface area is 189 Å². The number of ether oxygens (including phenoxy) is 1. The van der Waals surface area contributed by atoms with Gasteiger partial charge in [0.05, 0.1) is 29.7 Å². The van der Waals surface area contributed by atoms with E-state index in [9.17, 15) is 5.26 Å². The van der Waals surface area contributed by atoms with Gasteiger partial charge in [-0.05, 0) is 31.5 Å². The number of nitriles is 1. The van der Waals surface area contributed by atoms with E-state index in [0.29, 0.717) is 35.9 Å². The normalized spacial score (nSPS) is 14.6. The van der Waals surface area contributed by atoms with Crippen molar-refractivity contribution in [1.29, 1.82) is 5.26 Å². The van der Waals surface area contributed by atoms with Crippen LogP contribution in [-0.4, -0.2) is 47.6 Å². The van der Waals surface area contributed by atoms with Gasteiger partial charge in [0.25, 0.3) is 0 Å². The first-order valence-corrected chi connectivity index (χ1v) is 10.7. The van der Waals surface area contributed by atoms with Crippen molar-refractivity contribution in [3.8, 4) is 23.2 Å². The van der Waals surface area contributed by atoms with E-state index in [1.165, 1.54) is 0 Å². The Kier molecular flexibility index (Phi) is 5.15. The molecule has 0 spiro atoms. The van der Waals surface area contributed by atoms with Crippen molar-refractivity contribution in [2.75, 3.05) is 13.1 Å². The summed E-state index contributed by atoms with van der Waals surface area (Å²) in [6.07, 6.45) is 9.61. The number of hydrogen-bond donors (Lipinski definition) is 0. The van der Waals surface area contributed by atoms with Gasteiger partial charge >= 0.3 is 0 Å². The Morgan fingerprint density at radius 1 is 1.22 bits per heavy atom. The lowest BCUT2D eigenvalue weighted by Gasteiger charge is -2.16. The predicted molar refractivity (Wildman–Crippen MR) is 118 cm³/mol. The minimum Gasteiger partial charge on any atom is -0.484 e. The molecule has 0 bridgehead atoms. The molecule has 1 aliphatic heterocycles. The molecule has 0 saturated heterocycles. The van der Waals surface area contributed by atoms with Crippen LogP contribution in [0.2, 0.25) is 5.02 Å². The molecular formula is C22H21ClN8O. The Morgan fingerprint density at radius 3 is 2.88 bits per heavy atom. The molecule has 9 nitrogen and oxygen atoms in total. The van der Waals surface area contributed by atoms with Gasteiger partial charge in [0.15, 0.2) is 6.19 Å². The van der Waals surface area contributed by atoms with E-state index >= 15 is 0 Å². The first-order valence-electron chi connectivity index (χ1n) is 10.4. The van der Waals surface area contributed by atoms with Crippen LogP contribution < -0.4 is 4.74 Å².